The molecule has 0 spiro atoms. The molecule has 5 heteroatoms. The third-order valence-electron chi connectivity index (χ3n) is 1.63. The van der Waals surface area contributed by atoms with Crippen LogP contribution in [0.4, 0.5) is 0 Å². The maximum atomic E-state index is 11.8. The fourth-order valence-electron chi connectivity index (χ4n) is 0.918. The zero-order valence-electron chi connectivity index (χ0n) is 8.69. The van der Waals surface area contributed by atoms with Gasteiger partial charge in [0.1, 0.15) is 0 Å². The summed E-state index contributed by atoms with van der Waals surface area (Å²) in [6.45, 7) is 6.83. The monoisotopic (exact) mass is 328 g/mol. The van der Waals surface area contributed by atoms with Gasteiger partial charge in [-0.05, 0) is 27.7 Å². The lowest BCUT2D eigenvalue weighted by atomic mass is 9.96. The van der Waals surface area contributed by atoms with Gasteiger partial charge >= 0.3 is 5.97 Å². The fraction of sp³-hybridized carbons (Fsp3) is 0.778. The van der Waals surface area contributed by atoms with Crippen LogP contribution in [-0.4, -0.2) is 27.0 Å². The Kier molecular flexibility index (Phi) is 4.78. The molecule has 0 aliphatic carbocycles. The fourth-order valence-corrected chi connectivity index (χ4v) is 2.19. The number of esters is 1. The van der Waals surface area contributed by atoms with Crippen LogP contribution >= 0.6 is 31.9 Å². The van der Waals surface area contributed by atoms with Crippen LogP contribution in [0.3, 0.4) is 0 Å². The highest BCUT2D eigenvalue weighted by molar-refractivity contribution is 9.11. The molecule has 0 N–H and O–H groups in total. The van der Waals surface area contributed by atoms with Gasteiger partial charge in [0.25, 0.3) is 0 Å². The summed E-state index contributed by atoms with van der Waals surface area (Å²) in [6.07, 6.45) is 0. The lowest BCUT2D eigenvalue weighted by Gasteiger charge is -2.25. The second-order valence-electron chi connectivity index (χ2n) is 3.53. The highest BCUT2D eigenvalue weighted by atomic mass is 79.9. The largest absolute Gasteiger partial charge is 0.465 e. The first-order chi connectivity index (χ1) is 6.14. The van der Waals surface area contributed by atoms with Gasteiger partial charge in [0.15, 0.2) is 10.1 Å². The first kappa shape index (κ1) is 14.1. The molecule has 0 rings (SSSR count). The summed E-state index contributed by atoms with van der Waals surface area (Å²) in [5.74, 6) is -0.819. The number of Topliss-reactive ketones (excluding diaryl/α,β-unsaturated/α-hetero) is 1. The van der Waals surface area contributed by atoms with Gasteiger partial charge in [-0.2, -0.15) is 0 Å². The molecule has 3 nitrogen and oxygen atoms in total. The molecule has 1 unspecified atom stereocenters. The van der Waals surface area contributed by atoms with E-state index < -0.39 is 14.6 Å². The number of carbonyl (C=O) groups excluding carboxylic acids is 2. The Bertz CT molecular complexity index is 241. The van der Waals surface area contributed by atoms with E-state index in [2.05, 4.69) is 31.9 Å². The number of halogens is 2. The molecule has 0 bridgehead atoms. The van der Waals surface area contributed by atoms with Gasteiger partial charge in [-0.1, -0.05) is 31.9 Å². The highest BCUT2D eigenvalue weighted by Gasteiger charge is 2.46. The average Bonchev–Trinajstić information content (AvgIpc) is 2.01. The Hall–Kier alpha value is 0.1000. The van der Waals surface area contributed by atoms with Gasteiger partial charge < -0.3 is 4.74 Å². The Morgan fingerprint density at radius 1 is 1.21 bits per heavy atom. The van der Waals surface area contributed by atoms with E-state index in [0.29, 0.717) is 0 Å². The standard InChI is InChI=1S/C9H14Br2O3/c1-5-14-7(13)9(4,11)6(12)8(2,3)10/h5H2,1-4H3. The maximum Gasteiger partial charge on any atom is 0.330 e. The maximum absolute atomic E-state index is 11.8. The van der Waals surface area contributed by atoms with E-state index in [4.69, 9.17) is 4.74 Å². The summed E-state index contributed by atoms with van der Waals surface area (Å²) in [5, 5.41) is 0. The molecule has 0 aromatic rings. The molecule has 14 heavy (non-hydrogen) atoms. The van der Waals surface area contributed by atoms with Crippen LogP contribution in [-0.2, 0) is 14.3 Å². The quantitative estimate of drug-likeness (QED) is 0.452. The van der Waals surface area contributed by atoms with Crippen molar-refractivity contribution in [1.29, 1.82) is 0 Å². The topological polar surface area (TPSA) is 43.4 Å². The minimum Gasteiger partial charge on any atom is -0.465 e. The van der Waals surface area contributed by atoms with Crippen molar-refractivity contribution >= 4 is 43.6 Å². The van der Waals surface area contributed by atoms with Gasteiger partial charge in [0, 0.05) is 0 Å². The third kappa shape index (κ3) is 3.35. The van der Waals surface area contributed by atoms with Gasteiger partial charge in [-0.25, -0.2) is 0 Å². The van der Waals surface area contributed by atoms with Crippen LogP contribution in [0.15, 0.2) is 0 Å². The first-order valence-corrected chi connectivity index (χ1v) is 5.82. The van der Waals surface area contributed by atoms with Crippen molar-refractivity contribution in [2.24, 2.45) is 0 Å². The van der Waals surface area contributed by atoms with E-state index >= 15 is 0 Å². The molecular weight excluding hydrogens is 316 g/mol. The zero-order valence-corrected chi connectivity index (χ0v) is 11.9. The van der Waals surface area contributed by atoms with Crippen LogP contribution in [0.5, 0.6) is 0 Å². The highest BCUT2D eigenvalue weighted by Crippen LogP contribution is 2.30. The van der Waals surface area contributed by atoms with Crippen molar-refractivity contribution in [3.05, 3.63) is 0 Å². The van der Waals surface area contributed by atoms with E-state index in [-0.39, 0.29) is 12.4 Å². The Morgan fingerprint density at radius 2 is 1.64 bits per heavy atom. The van der Waals surface area contributed by atoms with E-state index in [1.54, 1.807) is 20.8 Å². The normalized spacial score (nSPS) is 15.9. The molecule has 0 saturated heterocycles. The second kappa shape index (κ2) is 4.75. The lowest BCUT2D eigenvalue weighted by Crippen LogP contribution is -2.47. The predicted octanol–water partition coefficient (Wildman–Crippen LogP) is 2.45. The van der Waals surface area contributed by atoms with Crippen LogP contribution in [0.25, 0.3) is 0 Å². The number of ether oxygens (including phenoxy) is 1. The minimum atomic E-state index is -1.28. The minimum absolute atomic E-state index is 0.260. The van der Waals surface area contributed by atoms with Gasteiger partial charge in [-0.3, -0.25) is 9.59 Å². The van der Waals surface area contributed by atoms with E-state index in [1.165, 1.54) is 6.92 Å². The molecule has 82 valence electrons. The van der Waals surface area contributed by atoms with E-state index in [0.717, 1.165) is 0 Å². The SMILES string of the molecule is CCOC(=O)C(C)(Br)C(=O)C(C)(C)Br. The Labute approximate surface area is 101 Å². The van der Waals surface area contributed by atoms with Crippen LogP contribution in [0.2, 0.25) is 0 Å². The number of hydrogen-bond acceptors (Lipinski definition) is 3. The molecule has 0 fully saturated rings. The molecule has 0 saturated carbocycles. The van der Waals surface area contributed by atoms with Crippen molar-refractivity contribution < 1.29 is 14.3 Å². The van der Waals surface area contributed by atoms with Crippen molar-refractivity contribution in [2.45, 2.75) is 36.3 Å². The van der Waals surface area contributed by atoms with Crippen molar-refractivity contribution in [2.75, 3.05) is 6.61 Å². The molecule has 0 aliphatic heterocycles. The summed E-state index contributed by atoms with van der Waals surface area (Å²) < 4.78 is 2.76. The Balaban J connectivity index is 4.79. The molecule has 0 aliphatic rings. The van der Waals surface area contributed by atoms with Gasteiger partial charge in [0.2, 0.25) is 0 Å². The van der Waals surface area contributed by atoms with Crippen LogP contribution in [0, 0.1) is 0 Å². The number of rotatable bonds is 4. The van der Waals surface area contributed by atoms with Crippen molar-refractivity contribution in [3.8, 4) is 0 Å². The molecule has 0 heterocycles. The first-order valence-electron chi connectivity index (χ1n) is 4.24. The van der Waals surface area contributed by atoms with Crippen molar-refractivity contribution in [1.82, 2.24) is 0 Å². The second-order valence-corrected chi connectivity index (χ2v) is 7.09. The van der Waals surface area contributed by atoms with Crippen LogP contribution in [0.1, 0.15) is 27.7 Å². The average molecular weight is 330 g/mol. The number of hydrogen-bond donors (Lipinski definition) is 0. The molecule has 0 aromatic heterocycles. The summed E-state index contributed by atoms with van der Waals surface area (Å²) >= 11 is 6.31. The summed E-state index contributed by atoms with van der Waals surface area (Å²) in [6, 6.07) is 0. The summed E-state index contributed by atoms with van der Waals surface area (Å²) in [7, 11) is 0. The van der Waals surface area contributed by atoms with E-state index in [9.17, 15) is 9.59 Å². The van der Waals surface area contributed by atoms with Crippen molar-refractivity contribution in [3.63, 3.8) is 0 Å². The van der Waals surface area contributed by atoms with Crippen LogP contribution < -0.4 is 0 Å². The third-order valence-corrected chi connectivity index (χ3v) is 2.67. The predicted molar refractivity (Wildman–Crippen MR) is 62.0 cm³/mol. The van der Waals surface area contributed by atoms with Gasteiger partial charge in [0.05, 0.1) is 10.9 Å². The molecule has 1 atom stereocenters. The number of carbonyl (C=O) groups is 2. The lowest BCUT2D eigenvalue weighted by molar-refractivity contribution is -0.148. The molecular formula is C9H14Br2O3. The summed E-state index contributed by atoms with van der Waals surface area (Å²) in [4.78, 5) is 23.3. The smallest absolute Gasteiger partial charge is 0.330 e. The number of ketones is 1. The van der Waals surface area contributed by atoms with E-state index in [1.807, 2.05) is 0 Å². The Morgan fingerprint density at radius 3 is 1.93 bits per heavy atom. The number of alkyl halides is 2. The molecule has 0 radical (unpaired) electrons. The van der Waals surface area contributed by atoms with Gasteiger partial charge in [-0.15, -0.1) is 0 Å². The molecule has 0 aromatic carbocycles. The molecule has 0 amide bonds. The summed E-state index contributed by atoms with van der Waals surface area (Å²) in [5.41, 5.74) is 0. The zero-order chi connectivity index (χ0) is 11.6.